The molecular weight excluding hydrogens is 603 g/mol. The summed E-state index contributed by atoms with van der Waals surface area (Å²) >= 11 is 1.14. The predicted octanol–water partition coefficient (Wildman–Crippen LogP) is 4.93. The number of methoxy groups -OCH3 is 2. The van der Waals surface area contributed by atoms with Gasteiger partial charge in [-0.1, -0.05) is 11.8 Å². The minimum Gasteiger partial charge on any atom is -0.497 e. The van der Waals surface area contributed by atoms with Crippen LogP contribution in [0.25, 0.3) is 22.5 Å². The zero-order chi connectivity index (χ0) is 31.1. The third-order valence-electron chi connectivity index (χ3n) is 6.27. The summed E-state index contributed by atoms with van der Waals surface area (Å²) in [5.74, 6) is 1.05. The average Bonchev–Trinajstić information content (AvgIpc) is 3.05. The van der Waals surface area contributed by atoms with E-state index < -0.39 is 15.3 Å². The Kier molecular flexibility index (Phi) is 9.31. The fourth-order valence-corrected chi connectivity index (χ4v) is 5.63. The maximum Gasteiger partial charge on any atom is 0.264 e. The molecule has 3 aromatic carbocycles. The van der Waals surface area contributed by atoms with E-state index in [1.54, 1.807) is 27.2 Å². The van der Waals surface area contributed by atoms with E-state index in [0.29, 0.717) is 33.7 Å². The molecule has 0 spiro atoms. The van der Waals surface area contributed by atoms with Crippen LogP contribution in [-0.4, -0.2) is 58.9 Å². The fourth-order valence-electron chi connectivity index (χ4n) is 3.96. The smallest absolute Gasteiger partial charge is 0.264 e. The Labute approximate surface area is 258 Å². The molecular formula is C30H27N7O5S2. The van der Waals surface area contributed by atoms with E-state index in [1.807, 2.05) is 48.5 Å². The number of ether oxygens (including phenoxy) is 2. The van der Waals surface area contributed by atoms with E-state index in [4.69, 9.17) is 14.5 Å². The van der Waals surface area contributed by atoms with Gasteiger partial charge in [-0.15, -0.1) is 10.2 Å². The van der Waals surface area contributed by atoms with Crippen molar-refractivity contribution >= 4 is 39.3 Å². The van der Waals surface area contributed by atoms with Gasteiger partial charge in [-0.05, 0) is 85.8 Å². The van der Waals surface area contributed by atoms with Gasteiger partial charge in [0.05, 0.1) is 24.4 Å². The third kappa shape index (κ3) is 7.27. The van der Waals surface area contributed by atoms with Crippen LogP contribution in [0.5, 0.6) is 11.5 Å². The Balaban J connectivity index is 1.31. The summed E-state index contributed by atoms with van der Waals surface area (Å²) in [6.45, 7) is 1.72. The number of nitrogens with zero attached hydrogens (tertiary/aromatic N) is 5. The number of nitrogens with one attached hydrogen (secondary N) is 2. The highest BCUT2D eigenvalue weighted by Crippen LogP contribution is 2.32. The SMILES string of the molecule is COc1ccc(-c2nnc(SC(C)C(=O)Nc3ccc(S(=O)(=O)Nc4ncccn4)cc3)nc2-c2ccc(OC)cc2)cc1. The van der Waals surface area contributed by atoms with Gasteiger partial charge in [0.2, 0.25) is 17.0 Å². The van der Waals surface area contributed by atoms with E-state index in [-0.39, 0.29) is 16.8 Å². The standard InChI is InChI=1S/C30H27N7O5S2/c1-19(28(38)33-22-9-15-25(16-10-22)44(39,40)37-29-31-17-4-18-32-29)43-30-34-26(20-5-11-23(41-2)12-6-20)27(35-36-30)21-7-13-24(42-3)14-8-21/h4-19H,1-3H3,(H,33,38)(H,31,32,37). The van der Waals surface area contributed by atoms with Crippen LogP contribution in [-0.2, 0) is 14.8 Å². The van der Waals surface area contributed by atoms with Crippen LogP contribution in [0.15, 0.2) is 101 Å². The maximum absolute atomic E-state index is 13.0. The second-order valence-corrected chi connectivity index (χ2v) is 12.2. The Bertz CT molecular complexity index is 1840. The van der Waals surface area contributed by atoms with Crippen molar-refractivity contribution in [3.63, 3.8) is 0 Å². The van der Waals surface area contributed by atoms with Gasteiger partial charge in [-0.2, -0.15) is 0 Å². The summed E-state index contributed by atoms with van der Waals surface area (Å²) in [6, 6.07) is 22.2. The molecule has 1 atom stereocenters. The van der Waals surface area contributed by atoms with E-state index in [0.717, 1.165) is 22.9 Å². The van der Waals surface area contributed by atoms with Gasteiger partial charge >= 0.3 is 0 Å². The van der Waals surface area contributed by atoms with Crippen molar-refractivity contribution in [2.24, 2.45) is 0 Å². The summed E-state index contributed by atoms with van der Waals surface area (Å²) in [5, 5.41) is 11.3. The summed E-state index contributed by atoms with van der Waals surface area (Å²) < 4.78 is 38.2. The number of aromatic nitrogens is 5. The molecule has 2 N–H and O–H groups in total. The van der Waals surface area contributed by atoms with Gasteiger partial charge < -0.3 is 14.8 Å². The fraction of sp³-hybridized carbons (Fsp3) is 0.133. The molecule has 0 saturated heterocycles. The molecule has 0 aliphatic carbocycles. The van der Waals surface area contributed by atoms with Crippen LogP contribution in [0.1, 0.15) is 6.92 Å². The number of hydrogen-bond acceptors (Lipinski definition) is 11. The Morgan fingerprint density at radius 1 is 0.795 bits per heavy atom. The van der Waals surface area contributed by atoms with Gasteiger partial charge in [0.25, 0.3) is 10.0 Å². The first-order chi connectivity index (χ1) is 21.3. The summed E-state index contributed by atoms with van der Waals surface area (Å²) in [7, 11) is -0.705. The molecule has 0 bridgehead atoms. The number of amides is 1. The number of carbonyl (C=O) groups is 1. The topological polar surface area (TPSA) is 158 Å². The molecule has 2 heterocycles. The maximum atomic E-state index is 13.0. The lowest BCUT2D eigenvalue weighted by molar-refractivity contribution is -0.115. The number of benzene rings is 3. The van der Waals surface area contributed by atoms with Crippen molar-refractivity contribution in [2.75, 3.05) is 24.3 Å². The number of rotatable bonds is 11. The summed E-state index contributed by atoms with van der Waals surface area (Å²) in [5.41, 5.74) is 3.19. The molecule has 0 aliphatic rings. The lowest BCUT2D eigenvalue weighted by Crippen LogP contribution is -2.23. The molecule has 2 aromatic heterocycles. The van der Waals surface area contributed by atoms with Gasteiger partial charge in [0.15, 0.2) is 0 Å². The van der Waals surface area contributed by atoms with Crippen molar-refractivity contribution in [3.05, 3.63) is 91.3 Å². The zero-order valence-electron chi connectivity index (χ0n) is 23.8. The molecule has 0 fully saturated rings. The lowest BCUT2D eigenvalue weighted by atomic mass is 10.0. The first-order valence-corrected chi connectivity index (χ1v) is 15.5. The quantitative estimate of drug-likeness (QED) is 0.191. The first kappa shape index (κ1) is 30.4. The van der Waals surface area contributed by atoms with E-state index in [1.165, 1.54) is 36.7 Å². The van der Waals surface area contributed by atoms with Crippen molar-refractivity contribution in [1.82, 2.24) is 25.1 Å². The number of carbonyl (C=O) groups excluding carboxylic acids is 1. The highest BCUT2D eigenvalue weighted by atomic mass is 32.2. The molecule has 1 amide bonds. The van der Waals surface area contributed by atoms with Crippen molar-refractivity contribution in [2.45, 2.75) is 22.2 Å². The van der Waals surface area contributed by atoms with Crippen molar-refractivity contribution in [3.8, 4) is 34.0 Å². The first-order valence-electron chi connectivity index (χ1n) is 13.2. The number of sulfonamides is 1. The van der Waals surface area contributed by atoms with Gasteiger partial charge in [-0.3, -0.25) is 4.79 Å². The Morgan fingerprint density at radius 2 is 1.36 bits per heavy atom. The summed E-state index contributed by atoms with van der Waals surface area (Å²) in [4.78, 5) is 25.5. The zero-order valence-corrected chi connectivity index (χ0v) is 25.5. The van der Waals surface area contributed by atoms with Crippen molar-refractivity contribution in [1.29, 1.82) is 0 Å². The van der Waals surface area contributed by atoms with Gasteiger partial charge in [-0.25, -0.2) is 28.1 Å². The highest BCUT2D eigenvalue weighted by molar-refractivity contribution is 8.00. The number of anilines is 2. The minimum absolute atomic E-state index is 0.00661. The number of thioether (sulfide) groups is 1. The second kappa shape index (κ2) is 13.5. The molecule has 224 valence electrons. The monoisotopic (exact) mass is 629 g/mol. The minimum atomic E-state index is -3.90. The molecule has 5 aromatic rings. The molecule has 0 aliphatic heterocycles. The largest absolute Gasteiger partial charge is 0.497 e. The van der Waals surface area contributed by atoms with E-state index in [9.17, 15) is 13.2 Å². The van der Waals surface area contributed by atoms with Crippen LogP contribution in [0.2, 0.25) is 0 Å². The highest BCUT2D eigenvalue weighted by Gasteiger charge is 2.21. The normalized spacial score (nSPS) is 11.8. The van der Waals surface area contributed by atoms with Crippen LogP contribution in [0, 0.1) is 0 Å². The van der Waals surface area contributed by atoms with Gasteiger partial charge in [0.1, 0.15) is 22.9 Å². The molecule has 44 heavy (non-hydrogen) atoms. The molecule has 1 unspecified atom stereocenters. The number of hydrogen-bond donors (Lipinski definition) is 2. The van der Waals surface area contributed by atoms with Crippen LogP contribution in [0.3, 0.4) is 0 Å². The molecule has 12 nitrogen and oxygen atoms in total. The lowest BCUT2D eigenvalue weighted by Gasteiger charge is -2.14. The third-order valence-corrected chi connectivity index (χ3v) is 8.56. The van der Waals surface area contributed by atoms with Crippen LogP contribution < -0.4 is 19.5 Å². The predicted molar refractivity (Wildman–Crippen MR) is 167 cm³/mol. The van der Waals surface area contributed by atoms with E-state index in [2.05, 4.69) is 30.2 Å². The molecule has 5 rings (SSSR count). The molecule has 14 heteroatoms. The Morgan fingerprint density at radius 3 is 1.93 bits per heavy atom. The molecule has 0 saturated carbocycles. The molecule has 0 radical (unpaired) electrons. The average molecular weight is 630 g/mol. The van der Waals surface area contributed by atoms with Crippen molar-refractivity contribution < 1.29 is 22.7 Å². The summed E-state index contributed by atoms with van der Waals surface area (Å²) in [6.07, 6.45) is 2.86. The van der Waals surface area contributed by atoms with E-state index >= 15 is 0 Å². The Hall–Kier alpha value is -5.08. The van der Waals surface area contributed by atoms with Crippen LogP contribution >= 0.6 is 11.8 Å². The van der Waals surface area contributed by atoms with Gasteiger partial charge in [0, 0.05) is 29.2 Å². The second-order valence-electron chi connectivity index (χ2n) is 9.20. The van der Waals surface area contributed by atoms with Crippen LogP contribution in [0.4, 0.5) is 11.6 Å².